The van der Waals surface area contributed by atoms with Crippen molar-refractivity contribution in [3.63, 3.8) is 0 Å². The molecule has 2 heterocycles. The summed E-state index contributed by atoms with van der Waals surface area (Å²) in [5.41, 5.74) is 0.477. The third-order valence-electron chi connectivity index (χ3n) is 3.21. The highest BCUT2D eigenvalue weighted by atomic mass is 16.6. The van der Waals surface area contributed by atoms with Gasteiger partial charge in [-0.3, -0.25) is 4.79 Å². The summed E-state index contributed by atoms with van der Waals surface area (Å²) in [5.74, 6) is 1.85. The Balaban J connectivity index is 1.77. The number of ether oxygens (including phenoxy) is 2. The number of fused-ring (bicyclic) bond motifs is 1. The number of anilines is 1. The van der Waals surface area contributed by atoms with E-state index in [0.717, 1.165) is 0 Å². The van der Waals surface area contributed by atoms with Crippen LogP contribution in [0.1, 0.15) is 11.5 Å². The van der Waals surface area contributed by atoms with Crippen molar-refractivity contribution in [1.82, 2.24) is 0 Å². The van der Waals surface area contributed by atoms with E-state index in [1.165, 1.54) is 6.08 Å². The lowest BCUT2D eigenvalue weighted by atomic mass is 10.2. The fourth-order valence-corrected chi connectivity index (χ4v) is 2.14. The van der Waals surface area contributed by atoms with Gasteiger partial charge in [0.2, 0.25) is 0 Å². The zero-order valence-electron chi connectivity index (χ0n) is 12.5. The van der Waals surface area contributed by atoms with Gasteiger partial charge in [-0.05, 0) is 31.2 Å². The lowest BCUT2D eigenvalue weighted by Crippen LogP contribution is -2.17. The summed E-state index contributed by atoms with van der Waals surface area (Å²) < 4.78 is 16.2. The van der Waals surface area contributed by atoms with Crippen molar-refractivity contribution in [2.24, 2.45) is 0 Å². The molecule has 0 saturated heterocycles. The number of nitrogens with one attached hydrogen (secondary N) is 1. The Bertz CT molecular complexity index is 814. The molecule has 23 heavy (non-hydrogen) atoms. The molecule has 0 spiro atoms. The highest BCUT2D eigenvalue weighted by molar-refractivity contribution is 6.09. The summed E-state index contributed by atoms with van der Waals surface area (Å²) in [6.45, 7) is 2.76. The molecular formula is C17H14N2O4. The fourth-order valence-electron chi connectivity index (χ4n) is 2.14. The molecule has 1 amide bonds. The van der Waals surface area contributed by atoms with Gasteiger partial charge in [-0.15, -0.1) is 0 Å². The smallest absolute Gasteiger partial charge is 0.266 e. The molecule has 1 aromatic carbocycles. The third kappa shape index (κ3) is 3.35. The molecule has 0 radical (unpaired) electrons. The number of benzene rings is 1. The second-order valence-electron chi connectivity index (χ2n) is 4.93. The Labute approximate surface area is 132 Å². The van der Waals surface area contributed by atoms with Crippen molar-refractivity contribution in [3.8, 4) is 17.6 Å². The predicted molar refractivity (Wildman–Crippen MR) is 83.1 cm³/mol. The summed E-state index contributed by atoms with van der Waals surface area (Å²) in [7, 11) is 0. The van der Waals surface area contributed by atoms with Crippen LogP contribution in [-0.2, 0) is 4.79 Å². The van der Waals surface area contributed by atoms with Gasteiger partial charge in [-0.25, -0.2) is 0 Å². The lowest BCUT2D eigenvalue weighted by Gasteiger charge is -2.18. The number of carbonyl (C=O) groups excluding carboxylic acids is 1. The molecule has 3 rings (SSSR count). The Hall–Kier alpha value is -3.20. The molecule has 6 heteroatoms. The highest BCUT2D eigenvalue weighted by Gasteiger charge is 2.15. The molecule has 0 aliphatic carbocycles. The quantitative estimate of drug-likeness (QED) is 0.696. The number of hydrogen-bond acceptors (Lipinski definition) is 5. The minimum absolute atomic E-state index is 0.0470. The van der Waals surface area contributed by atoms with Crippen LogP contribution in [0.15, 0.2) is 40.3 Å². The monoisotopic (exact) mass is 310 g/mol. The normalized spacial score (nSPS) is 13.3. The molecular weight excluding hydrogens is 296 g/mol. The molecule has 1 N–H and O–H groups in total. The van der Waals surface area contributed by atoms with Crippen molar-refractivity contribution in [2.45, 2.75) is 6.92 Å². The number of nitriles is 1. The minimum atomic E-state index is -0.516. The summed E-state index contributed by atoms with van der Waals surface area (Å²) in [6, 6.07) is 10.4. The molecule has 2 aromatic rings. The van der Waals surface area contributed by atoms with Gasteiger partial charge in [0.25, 0.3) is 5.91 Å². The van der Waals surface area contributed by atoms with Crippen LogP contribution >= 0.6 is 0 Å². The largest absolute Gasteiger partial charge is 0.486 e. The number of aryl methyl sites for hydroxylation is 1. The topological polar surface area (TPSA) is 84.5 Å². The summed E-state index contributed by atoms with van der Waals surface area (Å²) in [4.78, 5) is 12.2. The molecule has 0 unspecified atom stereocenters. The molecule has 116 valence electrons. The van der Waals surface area contributed by atoms with Crippen LogP contribution in [-0.4, -0.2) is 19.1 Å². The number of carbonyl (C=O) groups is 1. The molecule has 0 fully saturated rings. The van der Waals surface area contributed by atoms with Crippen LogP contribution in [0.4, 0.5) is 5.69 Å². The van der Waals surface area contributed by atoms with Crippen LogP contribution < -0.4 is 14.8 Å². The maximum absolute atomic E-state index is 12.2. The molecule has 1 aliphatic rings. The standard InChI is InChI=1S/C17H14N2O4/c1-11-2-4-14(23-11)8-12(10-18)17(20)19-13-3-5-15-16(9-13)22-7-6-21-15/h2-5,8-9H,6-7H2,1H3,(H,19,20)/b12-8-. The first kappa shape index (κ1) is 14.7. The Morgan fingerprint density at radius 3 is 2.70 bits per heavy atom. The van der Waals surface area contributed by atoms with Gasteiger partial charge < -0.3 is 19.2 Å². The first-order valence-electron chi connectivity index (χ1n) is 7.05. The third-order valence-corrected chi connectivity index (χ3v) is 3.21. The van der Waals surface area contributed by atoms with Gasteiger partial charge in [0, 0.05) is 17.8 Å². The van der Waals surface area contributed by atoms with Crippen molar-refractivity contribution in [1.29, 1.82) is 5.26 Å². The zero-order valence-corrected chi connectivity index (χ0v) is 12.5. The van der Waals surface area contributed by atoms with Crippen molar-refractivity contribution >= 4 is 17.7 Å². The summed E-state index contributed by atoms with van der Waals surface area (Å²) >= 11 is 0. The minimum Gasteiger partial charge on any atom is -0.486 e. The van der Waals surface area contributed by atoms with Crippen molar-refractivity contribution in [2.75, 3.05) is 18.5 Å². The number of amides is 1. The zero-order chi connectivity index (χ0) is 16.2. The van der Waals surface area contributed by atoms with Crippen LogP contribution in [0, 0.1) is 18.3 Å². The Morgan fingerprint density at radius 2 is 2.00 bits per heavy atom. The van der Waals surface area contributed by atoms with Crippen LogP contribution in [0.3, 0.4) is 0 Å². The van der Waals surface area contributed by atoms with E-state index in [-0.39, 0.29) is 5.57 Å². The van der Waals surface area contributed by atoms with E-state index < -0.39 is 5.91 Å². The molecule has 0 atom stereocenters. The Morgan fingerprint density at radius 1 is 1.22 bits per heavy atom. The second kappa shape index (κ2) is 6.28. The molecule has 1 aromatic heterocycles. The van der Waals surface area contributed by atoms with Gasteiger partial charge in [0.1, 0.15) is 36.4 Å². The summed E-state index contributed by atoms with van der Waals surface area (Å²) in [5, 5.41) is 11.8. The van der Waals surface area contributed by atoms with E-state index in [9.17, 15) is 4.79 Å². The molecule has 6 nitrogen and oxygen atoms in total. The molecule has 1 aliphatic heterocycles. The SMILES string of the molecule is Cc1ccc(/C=C(/C#N)C(=O)Nc2ccc3c(c2)OCCO3)o1. The van der Waals surface area contributed by atoms with Gasteiger partial charge in [0.15, 0.2) is 11.5 Å². The fraction of sp³-hybridized carbons (Fsp3) is 0.176. The van der Waals surface area contributed by atoms with E-state index in [4.69, 9.17) is 19.2 Å². The number of rotatable bonds is 3. The average molecular weight is 310 g/mol. The Kier molecular flexibility index (Phi) is 4.02. The maximum Gasteiger partial charge on any atom is 0.266 e. The maximum atomic E-state index is 12.2. The lowest BCUT2D eigenvalue weighted by molar-refractivity contribution is -0.112. The number of nitrogens with zero attached hydrogens (tertiary/aromatic N) is 1. The van der Waals surface area contributed by atoms with E-state index >= 15 is 0 Å². The highest BCUT2D eigenvalue weighted by Crippen LogP contribution is 2.32. The first-order valence-corrected chi connectivity index (χ1v) is 7.05. The van der Waals surface area contributed by atoms with Gasteiger partial charge in [0.05, 0.1) is 0 Å². The van der Waals surface area contributed by atoms with E-state index in [0.29, 0.717) is 41.9 Å². The predicted octanol–water partition coefficient (Wildman–Crippen LogP) is 2.90. The molecule has 0 bridgehead atoms. The first-order chi connectivity index (χ1) is 11.2. The average Bonchev–Trinajstić information content (AvgIpc) is 2.97. The van der Waals surface area contributed by atoms with Crippen LogP contribution in [0.5, 0.6) is 11.5 Å². The van der Waals surface area contributed by atoms with Gasteiger partial charge in [-0.1, -0.05) is 0 Å². The van der Waals surface area contributed by atoms with Crippen molar-refractivity contribution in [3.05, 3.63) is 47.4 Å². The number of furan rings is 1. The van der Waals surface area contributed by atoms with E-state index in [1.54, 1.807) is 37.3 Å². The van der Waals surface area contributed by atoms with E-state index in [1.807, 2.05) is 6.07 Å². The number of hydrogen-bond donors (Lipinski definition) is 1. The summed E-state index contributed by atoms with van der Waals surface area (Å²) in [6.07, 6.45) is 1.40. The molecule has 0 saturated carbocycles. The van der Waals surface area contributed by atoms with Gasteiger partial charge >= 0.3 is 0 Å². The van der Waals surface area contributed by atoms with Crippen LogP contribution in [0.2, 0.25) is 0 Å². The van der Waals surface area contributed by atoms with E-state index in [2.05, 4.69) is 5.32 Å². The van der Waals surface area contributed by atoms with Crippen LogP contribution in [0.25, 0.3) is 6.08 Å². The van der Waals surface area contributed by atoms with Crippen molar-refractivity contribution < 1.29 is 18.7 Å². The second-order valence-corrected chi connectivity index (χ2v) is 4.93. The van der Waals surface area contributed by atoms with Gasteiger partial charge in [-0.2, -0.15) is 5.26 Å².